The molecular formula is C14H22ClNOS. The predicted molar refractivity (Wildman–Crippen MR) is 78.7 cm³/mol. The van der Waals surface area contributed by atoms with E-state index in [0.29, 0.717) is 6.04 Å². The van der Waals surface area contributed by atoms with Gasteiger partial charge in [-0.2, -0.15) is 0 Å². The fourth-order valence-corrected chi connectivity index (χ4v) is 4.15. The number of likely N-dealkylation sites (N-methyl/N-ethyl adjacent to an activating group) is 1. The van der Waals surface area contributed by atoms with Crippen LogP contribution in [0, 0.1) is 0 Å². The highest BCUT2D eigenvalue weighted by Crippen LogP contribution is 2.37. The molecule has 2 nitrogen and oxygen atoms in total. The van der Waals surface area contributed by atoms with Crippen molar-refractivity contribution in [3.05, 3.63) is 21.3 Å². The zero-order valence-electron chi connectivity index (χ0n) is 11.2. The van der Waals surface area contributed by atoms with Gasteiger partial charge < -0.3 is 10.1 Å². The van der Waals surface area contributed by atoms with Crippen molar-refractivity contribution >= 4 is 22.9 Å². The third-order valence-corrected chi connectivity index (χ3v) is 5.23. The van der Waals surface area contributed by atoms with Crippen molar-refractivity contribution in [2.75, 3.05) is 13.7 Å². The topological polar surface area (TPSA) is 21.3 Å². The fraction of sp³-hybridized carbons (Fsp3) is 0.714. The van der Waals surface area contributed by atoms with Gasteiger partial charge in [0.2, 0.25) is 0 Å². The van der Waals surface area contributed by atoms with E-state index in [2.05, 4.69) is 18.3 Å². The Balaban J connectivity index is 2.11. The quantitative estimate of drug-likeness (QED) is 0.857. The zero-order valence-corrected chi connectivity index (χ0v) is 12.7. The lowest BCUT2D eigenvalue weighted by Crippen LogP contribution is -2.51. The van der Waals surface area contributed by atoms with Crippen LogP contribution in [0.15, 0.2) is 12.1 Å². The van der Waals surface area contributed by atoms with Crippen LogP contribution in [0.1, 0.15) is 37.5 Å². The number of hydrogen-bond donors (Lipinski definition) is 1. The van der Waals surface area contributed by atoms with Gasteiger partial charge >= 0.3 is 0 Å². The lowest BCUT2D eigenvalue weighted by molar-refractivity contribution is -0.0349. The minimum absolute atomic E-state index is 0.0203. The van der Waals surface area contributed by atoms with E-state index in [1.165, 1.54) is 30.6 Å². The maximum absolute atomic E-state index is 6.02. The molecule has 4 heteroatoms. The summed E-state index contributed by atoms with van der Waals surface area (Å²) in [6.07, 6.45) is 5.90. The maximum atomic E-state index is 6.02. The van der Waals surface area contributed by atoms with Crippen LogP contribution in [0.5, 0.6) is 0 Å². The van der Waals surface area contributed by atoms with Gasteiger partial charge in [0, 0.05) is 18.0 Å². The Hall–Kier alpha value is -0.0900. The van der Waals surface area contributed by atoms with E-state index in [-0.39, 0.29) is 5.60 Å². The van der Waals surface area contributed by atoms with Crippen LogP contribution in [-0.4, -0.2) is 25.3 Å². The second-order valence-corrected chi connectivity index (χ2v) is 6.80. The zero-order chi connectivity index (χ0) is 13.0. The fourth-order valence-electron chi connectivity index (χ4n) is 3.02. The Labute approximate surface area is 119 Å². The molecule has 0 aliphatic heterocycles. The van der Waals surface area contributed by atoms with Gasteiger partial charge in [0.15, 0.2) is 0 Å². The van der Waals surface area contributed by atoms with E-state index in [0.717, 1.165) is 17.3 Å². The highest BCUT2D eigenvalue weighted by Gasteiger charge is 2.41. The molecule has 1 aromatic heterocycles. The molecule has 2 rings (SSSR count). The van der Waals surface area contributed by atoms with Gasteiger partial charge in [-0.3, -0.25) is 0 Å². The summed E-state index contributed by atoms with van der Waals surface area (Å²) in [7, 11) is 1.86. The molecule has 0 amide bonds. The summed E-state index contributed by atoms with van der Waals surface area (Å²) in [6, 6.07) is 4.51. The molecule has 1 saturated carbocycles. The summed E-state index contributed by atoms with van der Waals surface area (Å²) in [4.78, 5) is 1.34. The maximum Gasteiger partial charge on any atom is 0.0931 e. The summed E-state index contributed by atoms with van der Waals surface area (Å²) in [5, 5.41) is 3.61. The van der Waals surface area contributed by atoms with Crippen molar-refractivity contribution < 1.29 is 4.74 Å². The van der Waals surface area contributed by atoms with Crippen molar-refractivity contribution in [2.45, 2.75) is 50.7 Å². The first-order valence-electron chi connectivity index (χ1n) is 6.73. The summed E-state index contributed by atoms with van der Waals surface area (Å²) >= 11 is 7.70. The molecule has 1 aliphatic carbocycles. The molecule has 0 saturated heterocycles. The minimum Gasteiger partial charge on any atom is -0.377 e. The molecule has 0 bridgehead atoms. The second-order valence-electron chi connectivity index (χ2n) is 5.00. The second kappa shape index (κ2) is 6.38. The largest absolute Gasteiger partial charge is 0.377 e. The van der Waals surface area contributed by atoms with E-state index in [1.54, 1.807) is 11.3 Å². The first-order valence-corrected chi connectivity index (χ1v) is 7.92. The molecule has 102 valence electrons. The number of hydrogen-bond acceptors (Lipinski definition) is 3. The molecule has 1 N–H and O–H groups in total. The van der Waals surface area contributed by atoms with Crippen LogP contribution >= 0.6 is 22.9 Å². The Morgan fingerprint density at radius 2 is 2.17 bits per heavy atom. The average Bonchev–Trinajstić information content (AvgIpc) is 2.98. The molecule has 1 aliphatic rings. The van der Waals surface area contributed by atoms with Crippen LogP contribution in [-0.2, 0) is 11.2 Å². The number of nitrogens with one attached hydrogen (secondary N) is 1. The molecule has 0 radical (unpaired) electrons. The third-order valence-electron chi connectivity index (χ3n) is 3.98. The number of halogens is 1. The smallest absolute Gasteiger partial charge is 0.0931 e. The lowest BCUT2D eigenvalue weighted by Gasteiger charge is -2.37. The van der Waals surface area contributed by atoms with Crippen molar-refractivity contribution in [2.24, 2.45) is 0 Å². The van der Waals surface area contributed by atoms with Gasteiger partial charge in [-0.05, 0) is 37.9 Å². The van der Waals surface area contributed by atoms with Gasteiger partial charge in [0.25, 0.3) is 0 Å². The molecule has 18 heavy (non-hydrogen) atoms. The van der Waals surface area contributed by atoms with Crippen LogP contribution in [0.3, 0.4) is 0 Å². The first kappa shape index (κ1) is 14.3. The highest BCUT2D eigenvalue weighted by molar-refractivity contribution is 7.16. The molecule has 1 unspecified atom stereocenters. The predicted octanol–water partition coefficient (Wildman–Crippen LogP) is 3.88. The van der Waals surface area contributed by atoms with E-state index in [9.17, 15) is 0 Å². The molecule has 1 heterocycles. The summed E-state index contributed by atoms with van der Waals surface area (Å²) in [5.74, 6) is 0. The lowest BCUT2D eigenvalue weighted by atomic mass is 9.89. The molecule has 0 spiro atoms. The average molecular weight is 288 g/mol. The summed E-state index contributed by atoms with van der Waals surface area (Å²) < 4.78 is 6.77. The summed E-state index contributed by atoms with van der Waals surface area (Å²) in [6.45, 7) is 3.14. The van der Waals surface area contributed by atoms with E-state index in [1.807, 2.05) is 13.2 Å². The van der Waals surface area contributed by atoms with E-state index in [4.69, 9.17) is 16.3 Å². The molecule has 1 aromatic rings. The van der Waals surface area contributed by atoms with Gasteiger partial charge in [-0.1, -0.05) is 31.4 Å². The van der Waals surface area contributed by atoms with Crippen LogP contribution in [0.25, 0.3) is 0 Å². The van der Waals surface area contributed by atoms with Crippen LogP contribution in [0.2, 0.25) is 4.34 Å². The molecule has 1 fully saturated rings. The first-order chi connectivity index (χ1) is 8.70. The molecule has 1 atom stereocenters. The van der Waals surface area contributed by atoms with Gasteiger partial charge in [0.05, 0.1) is 9.94 Å². The summed E-state index contributed by atoms with van der Waals surface area (Å²) in [5.41, 5.74) is 0.0203. The Bertz CT molecular complexity index is 374. The number of ether oxygens (including phenoxy) is 1. The number of methoxy groups -OCH3 is 1. The molecule has 0 aromatic carbocycles. The number of rotatable bonds is 6. The van der Waals surface area contributed by atoms with Gasteiger partial charge in [-0.25, -0.2) is 0 Å². The highest BCUT2D eigenvalue weighted by atomic mass is 35.5. The SMILES string of the molecule is CCNC(Cc1ccc(Cl)s1)C1(OC)CCCC1. The van der Waals surface area contributed by atoms with Crippen molar-refractivity contribution in [1.29, 1.82) is 0 Å². The van der Waals surface area contributed by atoms with Crippen molar-refractivity contribution in [1.82, 2.24) is 5.32 Å². The normalized spacial score (nSPS) is 20.2. The van der Waals surface area contributed by atoms with E-state index < -0.39 is 0 Å². The van der Waals surface area contributed by atoms with Crippen LogP contribution in [0.4, 0.5) is 0 Å². The van der Waals surface area contributed by atoms with E-state index >= 15 is 0 Å². The monoisotopic (exact) mass is 287 g/mol. The van der Waals surface area contributed by atoms with Crippen molar-refractivity contribution in [3.8, 4) is 0 Å². The third kappa shape index (κ3) is 3.08. The van der Waals surface area contributed by atoms with Crippen molar-refractivity contribution in [3.63, 3.8) is 0 Å². The standard InChI is InChI=1S/C14H22ClNOS/c1-3-16-12(10-11-6-7-13(15)18-11)14(17-2)8-4-5-9-14/h6-7,12,16H,3-5,8-10H2,1-2H3. The van der Waals surface area contributed by atoms with Gasteiger partial charge in [0.1, 0.15) is 0 Å². The Morgan fingerprint density at radius 1 is 1.44 bits per heavy atom. The Kier molecular flexibility index (Phi) is 5.07. The Morgan fingerprint density at radius 3 is 2.67 bits per heavy atom. The van der Waals surface area contributed by atoms with Crippen LogP contribution < -0.4 is 5.32 Å². The number of thiophene rings is 1. The minimum atomic E-state index is 0.0203. The molecular weight excluding hydrogens is 266 g/mol. The van der Waals surface area contributed by atoms with Gasteiger partial charge in [-0.15, -0.1) is 11.3 Å².